The Morgan fingerprint density at radius 1 is 1.18 bits per heavy atom. The number of pyridine rings is 1. The molecule has 0 fully saturated rings. The Morgan fingerprint density at radius 2 is 2.00 bits per heavy atom. The summed E-state index contributed by atoms with van der Waals surface area (Å²) in [6.07, 6.45) is 6.70. The van der Waals surface area contributed by atoms with E-state index in [4.69, 9.17) is 9.47 Å². The number of hydrogen-bond donors (Lipinski definition) is 1. The number of nitrogens with zero attached hydrogens (tertiary/aromatic N) is 2. The normalized spacial score (nSPS) is 14.0. The molecule has 0 saturated heterocycles. The van der Waals surface area contributed by atoms with E-state index in [9.17, 15) is 4.79 Å². The van der Waals surface area contributed by atoms with Gasteiger partial charge in [-0.2, -0.15) is 0 Å². The van der Waals surface area contributed by atoms with Crippen molar-refractivity contribution in [2.75, 3.05) is 26.3 Å². The van der Waals surface area contributed by atoms with Crippen LogP contribution < -0.4 is 9.47 Å². The lowest BCUT2D eigenvalue weighted by atomic mass is 10.0. The van der Waals surface area contributed by atoms with Crippen molar-refractivity contribution in [3.63, 3.8) is 0 Å². The topological polar surface area (TPSA) is 67.5 Å². The second kappa shape index (κ2) is 8.17. The number of rotatable bonds is 6. The third kappa shape index (κ3) is 3.71. The van der Waals surface area contributed by atoms with Crippen LogP contribution in [0.4, 0.5) is 0 Å². The fourth-order valence-electron chi connectivity index (χ4n) is 3.41. The summed E-state index contributed by atoms with van der Waals surface area (Å²) >= 11 is 0. The van der Waals surface area contributed by atoms with E-state index in [2.05, 4.69) is 16.0 Å². The fraction of sp³-hybridized carbons (Fsp3) is 0.273. The summed E-state index contributed by atoms with van der Waals surface area (Å²) in [5.41, 5.74) is 4.34. The smallest absolute Gasteiger partial charge is 0.260 e. The van der Waals surface area contributed by atoms with Gasteiger partial charge >= 0.3 is 0 Å². The van der Waals surface area contributed by atoms with E-state index in [1.165, 1.54) is 5.57 Å². The van der Waals surface area contributed by atoms with E-state index in [1.54, 1.807) is 6.20 Å². The van der Waals surface area contributed by atoms with E-state index in [0.717, 1.165) is 23.0 Å². The fourth-order valence-corrected chi connectivity index (χ4v) is 3.41. The minimum absolute atomic E-state index is 0.00189. The molecule has 1 N–H and O–H groups in total. The number of fused-ring (bicyclic) bond motifs is 1. The number of aromatic nitrogens is 2. The largest absolute Gasteiger partial charge is 0.490 e. The molecule has 0 unspecified atom stereocenters. The Morgan fingerprint density at radius 3 is 2.75 bits per heavy atom. The Kier molecular flexibility index (Phi) is 5.28. The van der Waals surface area contributed by atoms with Gasteiger partial charge in [-0.25, -0.2) is 0 Å². The molecule has 1 aliphatic rings. The number of carbonyl (C=O) groups excluding carboxylic acids is 1. The molecule has 6 heteroatoms. The van der Waals surface area contributed by atoms with Gasteiger partial charge in [0.05, 0.1) is 17.6 Å². The standard InChI is InChI=1S/C22H23N3O3/c1-2-27-19-7-3-4-8-20(19)28-15-21(26)25-12-9-16(10-13-25)17-14-24-18-6-5-11-23-22(17)18/h3-9,11,14,24H,2,10,12-13,15H2,1H3. The predicted octanol–water partition coefficient (Wildman–Crippen LogP) is 3.66. The Balaban J connectivity index is 1.39. The van der Waals surface area contributed by atoms with E-state index >= 15 is 0 Å². The molecule has 0 bridgehead atoms. The van der Waals surface area contributed by atoms with Crippen LogP contribution in [0.25, 0.3) is 16.6 Å². The van der Waals surface area contributed by atoms with Gasteiger partial charge in [-0.15, -0.1) is 0 Å². The van der Waals surface area contributed by atoms with Crippen LogP contribution in [-0.4, -0.2) is 47.1 Å². The highest BCUT2D eigenvalue weighted by atomic mass is 16.5. The number of amides is 1. The number of ether oxygens (including phenoxy) is 2. The highest BCUT2D eigenvalue weighted by Crippen LogP contribution is 2.29. The molecule has 1 aromatic carbocycles. The molecule has 0 atom stereocenters. The zero-order chi connectivity index (χ0) is 19.3. The zero-order valence-electron chi connectivity index (χ0n) is 15.9. The third-order valence-corrected chi connectivity index (χ3v) is 4.84. The zero-order valence-corrected chi connectivity index (χ0v) is 15.9. The van der Waals surface area contributed by atoms with Crippen LogP contribution in [0.1, 0.15) is 18.9 Å². The van der Waals surface area contributed by atoms with Crippen molar-refractivity contribution in [1.29, 1.82) is 0 Å². The average Bonchev–Trinajstić information content (AvgIpc) is 3.17. The first-order valence-electron chi connectivity index (χ1n) is 9.50. The Bertz CT molecular complexity index is 1010. The molecule has 6 nitrogen and oxygen atoms in total. The number of hydrogen-bond acceptors (Lipinski definition) is 4. The Hall–Kier alpha value is -3.28. The van der Waals surface area contributed by atoms with E-state index in [0.29, 0.717) is 31.2 Å². The number of para-hydroxylation sites is 2. The number of benzene rings is 1. The van der Waals surface area contributed by atoms with Gasteiger partial charge in [0, 0.05) is 31.0 Å². The number of H-pyrrole nitrogens is 1. The molecule has 1 amide bonds. The second-order valence-corrected chi connectivity index (χ2v) is 6.59. The molecule has 3 aromatic rings. The SMILES string of the molecule is CCOc1ccccc1OCC(=O)N1CC=C(c2c[nH]c3cccnc23)CC1. The number of aromatic amines is 1. The Labute approximate surface area is 163 Å². The molecule has 0 radical (unpaired) electrons. The molecule has 28 heavy (non-hydrogen) atoms. The molecule has 3 heterocycles. The molecule has 2 aromatic heterocycles. The van der Waals surface area contributed by atoms with Crippen LogP contribution in [0.3, 0.4) is 0 Å². The van der Waals surface area contributed by atoms with Gasteiger partial charge < -0.3 is 19.4 Å². The van der Waals surface area contributed by atoms with Crippen molar-refractivity contribution < 1.29 is 14.3 Å². The van der Waals surface area contributed by atoms with Gasteiger partial charge in [-0.3, -0.25) is 9.78 Å². The first kappa shape index (κ1) is 18.1. The van der Waals surface area contributed by atoms with Crippen molar-refractivity contribution in [2.24, 2.45) is 0 Å². The molecule has 4 rings (SSSR count). The van der Waals surface area contributed by atoms with Crippen LogP contribution in [0.15, 0.2) is 54.9 Å². The highest BCUT2D eigenvalue weighted by Gasteiger charge is 2.20. The van der Waals surface area contributed by atoms with Gasteiger partial charge in [0.25, 0.3) is 5.91 Å². The van der Waals surface area contributed by atoms with Crippen LogP contribution in [-0.2, 0) is 4.79 Å². The van der Waals surface area contributed by atoms with E-state index in [1.807, 2.05) is 54.4 Å². The van der Waals surface area contributed by atoms with Crippen molar-refractivity contribution in [3.05, 3.63) is 60.4 Å². The lowest BCUT2D eigenvalue weighted by Gasteiger charge is -2.26. The summed E-state index contributed by atoms with van der Waals surface area (Å²) < 4.78 is 11.2. The van der Waals surface area contributed by atoms with Crippen molar-refractivity contribution in [3.8, 4) is 11.5 Å². The predicted molar refractivity (Wildman–Crippen MR) is 108 cm³/mol. The maximum absolute atomic E-state index is 12.6. The van der Waals surface area contributed by atoms with Gasteiger partial charge in [-0.05, 0) is 43.2 Å². The van der Waals surface area contributed by atoms with E-state index < -0.39 is 0 Å². The van der Waals surface area contributed by atoms with Crippen LogP contribution in [0.5, 0.6) is 11.5 Å². The lowest BCUT2D eigenvalue weighted by Crippen LogP contribution is -2.37. The molecule has 144 valence electrons. The summed E-state index contributed by atoms with van der Waals surface area (Å²) in [5, 5.41) is 0. The summed E-state index contributed by atoms with van der Waals surface area (Å²) in [6, 6.07) is 11.3. The molecule has 0 spiro atoms. The first-order chi connectivity index (χ1) is 13.8. The third-order valence-electron chi connectivity index (χ3n) is 4.84. The van der Waals surface area contributed by atoms with Gasteiger partial charge in [0.15, 0.2) is 18.1 Å². The van der Waals surface area contributed by atoms with Gasteiger partial charge in [0.2, 0.25) is 0 Å². The van der Waals surface area contributed by atoms with Crippen LogP contribution >= 0.6 is 0 Å². The average molecular weight is 377 g/mol. The molecular weight excluding hydrogens is 354 g/mol. The van der Waals surface area contributed by atoms with Crippen molar-refractivity contribution in [1.82, 2.24) is 14.9 Å². The molecule has 0 aliphatic carbocycles. The number of nitrogens with one attached hydrogen (secondary N) is 1. The summed E-state index contributed by atoms with van der Waals surface area (Å²) in [5.74, 6) is 1.22. The lowest BCUT2D eigenvalue weighted by molar-refractivity contribution is -0.132. The molecule has 1 aliphatic heterocycles. The van der Waals surface area contributed by atoms with Crippen molar-refractivity contribution >= 4 is 22.5 Å². The van der Waals surface area contributed by atoms with Crippen LogP contribution in [0, 0.1) is 0 Å². The maximum atomic E-state index is 12.6. The van der Waals surface area contributed by atoms with Gasteiger partial charge in [0.1, 0.15) is 0 Å². The maximum Gasteiger partial charge on any atom is 0.260 e. The summed E-state index contributed by atoms with van der Waals surface area (Å²) in [6.45, 7) is 3.71. The minimum Gasteiger partial charge on any atom is -0.490 e. The highest BCUT2D eigenvalue weighted by molar-refractivity contribution is 5.90. The second-order valence-electron chi connectivity index (χ2n) is 6.59. The number of carbonyl (C=O) groups is 1. The summed E-state index contributed by atoms with van der Waals surface area (Å²) in [7, 11) is 0. The van der Waals surface area contributed by atoms with Crippen LogP contribution in [0.2, 0.25) is 0 Å². The minimum atomic E-state index is -0.0290. The first-order valence-corrected chi connectivity index (χ1v) is 9.50. The quantitative estimate of drug-likeness (QED) is 0.712. The molecule has 0 saturated carbocycles. The van der Waals surface area contributed by atoms with Crippen molar-refractivity contribution in [2.45, 2.75) is 13.3 Å². The van der Waals surface area contributed by atoms with E-state index in [-0.39, 0.29) is 12.5 Å². The molecular formula is C22H23N3O3. The monoisotopic (exact) mass is 377 g/mol. The summed E-state index contributed by atoms with van der Waals surface area (Å²) in [4.78, 5) is 22.1. The van der Waals surface area contributed by atoms with Gasteiger partial charge in [-0.1, -0.05) is 18.2 Å².